The van der Waals surface area contributed by atoms with Gasteiger partial charge in [-0.05, 0) is 41.4 Å². The molecule has 0 aromatic heterocycles. The van der Waals surface area contributed by atoms with E-state index in [9.17, 15) is 9.18 Å². The normalized spacial score (nSPS) is 19.1. The number of nitrogens with two attached hydrogens (primary N) is 1. The van der Waals surface area contributed by atoms with Gasteiger partial charge in [-0.15, -0.1) is 0 Å². The van der Waals surface area contributed by atoms with E-state index in [1.165, 1.54) is 12.1 Å². The predicted molar refractivity (Wildman–Crippen MR) is 74.8 cm³/mol. The second-order valence-corrected chi connectivity index (χ2v) is 5.33. The van der Waals surface area contributed by atoms with Gasteiger partial charge in [-0.25, -0.2) is 4.39 Å². The Bertz CT molecular complexity index is 496. The smallest absolute Gasteiger partial charge is 0.227 e. The summed E-state index contributed by atoms with van der Waals surface area (Å²) in [6, 6.07) is 2.65. The number of anilines is 1. The van der Waals surface area contributed by atoms with E-state index in [0.717, 1.165) is 0 Å². The third-order valence-electron chi connectivity index (χ3n) is 3.11. The van der Waals surface area contributed by atoms with Crippen molar-refractivity contribution >= 4 is 27.5 Å². The lowest BCUT2D eigenvalue weighted by molar-refractivity contribution is -0.117. The summed E-state index contributed by atoms with van der Waals surface area (Å²) in [4.78, 5) is 13.6. The minimum Gasteiger partial charge on any atom is -0.490 e. The van der Waals surface area contributed by atoms with E-state index in [0.29, 0.717) is 42.0 Å². The fourth-order valence-electron chi connectivity index (χ4n) is 2.21. The number of carbonyl (C=O) groups is 1. The first kappa shape index (κ1) is 14.3. The molecule has 6 heteroatoms. The SMILES string of the molecule is CCOc1c(Br)cc(F)cc1N1CC(CN)CC1=O. The van der Waals surface area contributed by atoms with Crippen LogP contribution in [0.2, 0.25) is 0 Å². The molecule has 1 fully saturated rings. The van der Waals surface area contributed by atoms with Crippen LogP contribution in [-0.4, -0.2) is 25.6 Å². The summed E-state index contributed by atoms with van der Waals surface area (Å²) >= 11 is 3.27. The number of hydrogen-bond donors (Lipinski definition) is 1. The molecule has 1 atom stereocenters. The van der Waals surface area contributed by atoms with Crippen LogP contribution in [0.5, 0.6) is 5.75 Å². The van der Waals surface area contributed by atoms with Crippen LogP contribution in [-0.2, 0) is 4.79 Å². The van der Waals surface area contributed by atoms with Crippen molar-refractivity contribution in [2.75, 3.05) is 24.6 Å². The van der Waals surface area contributed by atoms with Crippen LogP contribution < -0.4 is 15.4 Å². The number of amides is 1. The zero-order valence-electron chi connectivity index (χ0n) is 10.7. The molecule has 0 bridgehead atoms. The molecule has 19 heavy (non-hydrogen) atoms. The Kier molecular flexibility index (Phi) is 4.42. The standard InChI is InChI=1S/C13H16BrFN2O2/c1-2-19-13-10(14)4-9(15)5-11(13)17-7-8(6-16)3-12(17)18/h4-5,8H,2-3,6-7,16H2,1H3. The highest BCUT2D eigenvalue weighted by Gasteiger charge is 2.32. The molecular formula is C13H16BrFN2O2. The molecule has 0 radical (unpaired) electrons. The highest BCUT2D eigenvalue weighted by molar-refractivity contribution is 9.10. The molecule has 1 aliphatic rings. The van der Waals surface area contributed by atoms with Gasteiger partial charge in [0.1, 0.15) is 5.82 Å². The van der Waals surface area contributed by atoms with Gasteiger partial charge in [0.15, 0.2) is 5.75 Å². The van der Waals surface area contributed by atoms with E-state index in [4.69, 9.17) is 10.5 Å². The Morgan fingerprint density at radius 3 is 2.89 bits per heavy atom. The Morgan fingerprint density at radius 2 is 2.32 bits per heavy atom. The Balaban J connectivity index is 2.40. The van der Waals surface area contributed by atoms with Crippen LogP contribution in [0.1, 0.15) is 13.3 Å². The summed E-state index contributed by atoms with van der Waals surface area (Å²) < 4.78 is 19.6. The van der Waals surface area contributed by atoms with Crippen LogP contribution in [0.25, 0.3) is 0 Å². The zero-order chi connectivity index (χ0) is 14.0. The molecule has 1 saturated heterocycles. The highest BCUT2D eigenvalue weighted by Crippen LogP contribution is 2.39. The van der Waals surface area contributed by atoms with Gasteiger partial charge >= 0.3 is 0 Å². The number of rotatable bonds is 4. The lowest BCUT2D eigenvalue weighted by atomic mass is 10.1. The second-order valence-electron chi connectivity index (χ2n) is 4.48. The maximum absolute atomic E-state index is 13.6. The molecule has 2 N–H and O–H groups in total. The number of nitrogens with zero attached hydrogens (tertiary/aromatic N) is 1. The van der Waals surface area contributed by atoms with Gasteiger partial charge in [-0.2, -0.15) is 0 Å². The van der Waals surface area contributed by atoms with Gasteiger partial charge in [-0.1, -0.05) is 0 Å². The average molecular weight is 331 g/mol. The first-order valence-corrected chi connectivity index (χ1v) is 6.98. The molecular weight excluding hydrogens is 315 g/mol. The van der Waals surface area contributed by atoms with Crippen LogP contribution in [0.4, 0.5) is 10.1 Å². The molecule has 1 amide bonds. The van der Waals surface area contributed by atoms with Crippen molar-refractivity contribution in [3.8, 4) is 5.75 Å². The van der Waals surface area contributed by atoms with Crippen molar-refractivity contribution < 1.29 is 13.9 Å². The zero-order valence-corrected chi connectivity index (χ0v) is 12.2. The largest absolute Gasteiger partial charge is 0.490 e. The average Bonchev–Trinajstić information content (AvgIpc) is 2.74. The van der Waals surface area contributed by atoms with Gasteiger partial charge in [0.05, 0.1) is 16.8 Å². The Labute approximate surface area is 119 Å². The van der Waals surface area contributed by atoms with E-state index >= 15 is 0 Å². The molecule has 104 valence electrons. The van der Waals surface area contributed by atoms with Crippen LogP contribution in [0.15, 0.2) is 16.6 Å². The summed E-state index contributed by atoms with van der Waals surface area (Å²) in [5, 5.41) is 0. The first-order chi connectivity index (χ1) is 9.06. The maximum atomic E-state index is 13.6. The molecule has 1 unspecified atom stereocenters. The monoisotopic (exact) mass is 330 g/mol. The fraction of sp³-hybridized carbons (Fsp3) is 0.462. The Morgan fingerprint density at radius 1 is 1.58 bits per heavy atom. The minimum atomic E-state index is -0.408. The quantitative estimate of drug-likeness (QED) is 0.921. The third-order valence-corrected chi connectivity index (χ3v) is 3.70. The van der Waals surface area contributed by atoms with E-state index < -0.39 is 5.82 Å². The number of benzene rings is 1. The molecule has 1 aromatic carbocycles. The number of halogens is 2. The van der Waals surface area contributed by atoms with E-state index in [-0.39, 0.29) is 11.8 Å². The fourth-order valence-corrected chi connectivity index (χ4v) is 2.74. The molecule has 1 aliphatic heterocycles. The predicted octanol–water partition coefficient (Wildman–Crippen LogP) is 2.30. The van der Waals surface area contributed by atoms with Crippen LogP contribution >= 0.6 is 15.9 Å². The molecule has 4 nitrogen and oxygen atoms in total. The van der Waals surface area contributed by atoms with Crippen molar-refractivity contribution in [1.29, 1.82) is 0 Å². The van der Waals surface area contributed by atoms with E-state index in [1.807, 2.05) is 6.92 Å². The van der Waals surface area contributed by atoms with E-state index in [2.05, 4.69) is 15.9 Å². The lowest BCUT2D eigenvalue weighted by Gasteiger charge is -2.21. The minimum absolute atomic E-state index is 0.0473. The summed E-state index contributed by atoms with van der Waals surface area (Å²) in [7, 11) is 0. The maximum Gasteiger partial charge on any atom is 0.227 e. The lowest BCUT2D eigenvalue weighted by Crippen LogP contribution is -2.26. The molecule has 2 rings (SSSR count). The van der Waals surface area contributed by atoms with Gasteiger partial charge < -0.3 is 15.4 Å². The van der Waals surface area contributed by atoms with Crippen molar-refractivity contribution in [2.24, 2.45) is 11.7 Å². The number of carbonyl (C=O) groups excluding carboxylic acids is 1. The molecule has 1 heterocycles. The molecule has 0 spiro atoms. The second kappa shape index (κ2) is 5.88. The van der Waals surface area contributed by atoms with E-state index in [1.54, 1.807) is 4.90 Å². The van der Waals surface area contributed by atoms with Gasteiger partial charge in [0.2, 0.25) is 5.91 Å². The summed E-state index contributed by atoms with van der Waals surface area (Å²) in [5.41, 5.74) is 6.07. The van der Waals surface area contributed by atoms with Gasteiger partial charge in [0, 0.05) is 19.0 Å². The van der Waals surface area contributed by atoms with Crippen molar-refractivity contribution in [3.63, 3.8) is 0 Å². The molecule has 0 aliphatic carbocycles. The van der Waals surface area contributed by atoms with Gasteiger partial charge in [0.25, 0.3) is 0 Å². The summed E-state index contributed by atoms with van der Waals surface area (Å²) in [5.74, 6) is 0.155. The third kappa shape index (κ3) is 2.90. The van der Waals surface area contributed by atoms with Gasteiger partial charge in [-0.3, -0.25) is 4.79 Å². The van der Waals surface area contributed by atoms with Crippen molar-refractivity contribution in [1.82, 2.24) is 0 Å². The van der Waals surface area contributed by atoms with Crippen molar-refractivity contribution in [2.45, 2.75) is 13.3 Å². The van der Waals surface area contributed by atoms with Crippen LogP contribution in [0, 0.1) is 11.7 Å². The topological polar surface area (TPSA) is 55.6 Å². The number of hydrogen-bond acceptors (Lipinski definition) is 3. The number of ether oxygens (including phenoxy) is 1. The summed E-state index contributed by atoms with van der Waals surface area (Å²) in [6.07, 6.45) is 0.399. The Hall–Kier alpha value is -1.14. The summed E-state index contributed by atoms with van der Waals surface area (Å²) in [6.45, 7) is 3.24. The van der Waals surface area contributed by atoms with Crippen LogP contribution in [0.3, 0.4) is 0 Å². The van der Waals surface area contributed by atoms with Crippen molar-refractivity contribution in [3.05, 3.63) is 22.4 Å². The molecule has 0 saturated carbocycles. The first-order valence-electron chi connectivity index (χ1n) is 6.19. The highest BCUT2D eigenvalue weighted by atomic mass is 79.9. The molecule has 1 aromatic rings.